The summed E-state index contributed by atoms with van der Waals surface area (Å²) < 4.78 is 0. The molecule has 0 aliphatic carbocycles. The van der Waals surface area contributed by atoms with Crippen LogP contribution in [0.15, 0.2) is 30.3 Å². The maximum Gasteiger partial charge on any atom is 0.326 e. The Labute approximate surface area is 126 Å². The number of hydrogen-bond donors (Lipinski definition) is 3. The Morgan fingerprint density at radius 1 is 1.29 bits per heavy atom. The van der Waals surface area contributed by atoms with E-state index in [2.05, 4.69) is 5.32 Å². The maximum atomic E-state index is 11.6. The molecule has 0 spiro atoms. The van der Waals surface area contributed by atoms with E-state index in [0.717, 1.165) is 5.56 Å². The molecule has 21 heavy (non-hydrogen) atoms. The number of carbonyl (C=O) groups excluding carboxylic acids is 2. The SMILES string of the molecule is NC(=O)CCC(NC(=O)/C=C/c1ccc(Cl)cc1)C(=O)O. The van der Waals surface area contributed by atoms with Gasteiger partial charge >= 0.3 is 5.97 Å². The molecule has 2 amide bonds. The van der Waals surface area contributed by atoms with E-state index in [1.54, 1.807) is 24.3 Å². The quantitative estimate of drug-likeness (QED) is 0.657. The lowest BCUT2D eigenvalue weighted by molar-refractivity contribution is -0.141. The molecule has 6 nitrogen and oxygen atoms in total. The normalized spacial score (nSPS) is 12.0. The topological polar surface area (TPSA) is 109 Å². The number of nitrogens with one attached hydrogen (secondary N) is 1. The van der Waals surface area contributed by atoms with Gasteiger partial charge < -0.3 is 16.2 Å². The van der Waals surface area contributed by atoms with Crippen molar-refractivity contribution in [3.63, 3.8) is 0 Å². The van der Waals surface area contributed by atoms with Crippen LogP contribution < -0.4 is 11.1 Å². The molecular formula is C14H15ClN2O4. The Morgan fingerprint density at radius 2 is 1.90 bits per heavy atom. The highest BCUT2D eigenvalue weighted by Crippen LogP contribution is 2.10. The fourth-order valence-corrected chi connectivity index (χ4v) is 1.64. The number of carboxylic acid groups (broad SMARTS) is 1. The third-order valence-corrected chi connectivity index (χ3v) is 2.84. The van der Waals surface area contributed by atoms with Crippen LogP contribution in [0.25, 0.3) is 6.08 Å². The fraction of sp³-hybridized carbons (Fsp3) is 0.214. The van der Waals surface area contributed by atoms with Gasteiger partial charge in [0.05, 0.1) is 0 Å². The number of carbonyl (C=O) groups is 3. The Kier molecular flexibility index (Phi) is 6.42. The molecule has 1 unspecified atom stereocenters. The number of carboxylic acids is 1. The summed E-state index contributed by atoms with van der Waals surface area (Å²) in [5, 5.41) is 11.8. The van der Waals surface area contributed by atoms with E-state index < -0.39 is 23.8 Å². The van der Waals surface area contributed by atoms with Gasteiger partial charge in [0, 0.05) is 17.5 Å². The highest BCUT2D eigenvalue weighted by molar-refractivity contribution is 6.30. The van der Waals surface area contributed by atoms with E-state index in [9.17, 15) is 14.4 Å². The lowest BCUT2D eigenvalue weighted by Crippen LogP contribution is -2.40. The molecular weight excluding hydrogens is 296 g/mol. The fourth-order valence-electron chi connectivity index (χ4n) is 1.51. The highest BCUT2D eigenvalue weighted by atomic mass is 35.5. The first kappa shape index (κ1) is 16.7. The van der Waals surface area contributed by atoms with Gasteiger partial charge in [-0.15, -0.1) is 0 Å². The standard InChI is InChI=1S/C14H15ClN2O4/c15-10-4-1-9(2-5-10)3-8-13(19)17-11(14(20)21)6-7-12(16)18/h1-5,8,11H,6-7H2,(H2,16,18)(H,17,19)(H,20,21)/b8-3+. The first-order valence-corrected chi connectivity index (χ1v) is 6.51. The molecule has 0 aliphatic heterocycles. The number of aliphatic carboxylic acids is 1. The van der Waals surface area contributed by atoms with Crippen LogP contribution in [0.1, 0.15) is 18.4 Å². The third kappa shape index (κ3) is 6.58. The second-order valence-electron chi connectivity index (χ2n) is 4.29. The second kappa shape index (κ2) is 8.06. The van der Waals surface area contributed by atoms with Crippen molar-refractivity contribution in [2.24, 2.45) is 5.73 Å². The molecule has 1 atom stereocenters. The molecule has 1 rings (SSSR count). The van der Waals surface area contributed by atoms with Crippen molar-refractivity contribution < 1.29 is 19.5 Å². The summed E-state index contributed by atoms with van der Waals surface area (Å²) in [5.74, 6) is -2.40. The molecule has 4 N–H and O–H groups in total. The number of hydrogen-bond acceptors (Lipinski definition) is 3. The van der Waals surface area contributed by atoms with E-state index >= 15 is 0 Å². The molecule has 0 aromatic heterocycles. The molecule has 112 valence electrons. The lowest BCUT2D eigenvalue weighted by atomic mass is 10.1. The van der Waals surface area contributed by atoms with Crippen LogP contribution in [0.4, 0.5) is 0 Å². The Balaban J connectivity index is 2.59. The first-order valence-electron chi connectivity index (χ1n) is 6.13. The molecule has 0 radical (unpaired) electrons. The van der Waals surface area contributed by atoms with Crippen LogP contribution in [-0.4, -0.2) is 28.9 Å². The molecule has 7 heteroatoms. The Hall–Kier alpha value is -2.34. The van der Waals surface area contributed by atoms with Gasteiger partial charge in [-0.1, -0.05) is 23.7 Å². The van der Waals surface area contributed by atoms with Crippen molar-refractivity contribution in [3.05, 3.63) is 40.9 Å². The number of primary amides is 1. The third-order valence-electron chi connectivity index (χ3n) is 2.59. The summed E-state index contributed by atoms with van der Waals surface area (Å²) in [6.07, 6.45) is 2.57. The molecule has 0 fully saturated rings. The van der Waals surface area contributed by atoms with Crippen molar-refractivity contribution >= 4 is 35.5 Å². The number of amides is 2. The largest absolute Gasteiger partial charge is 0.480 e. The lowest BCUT2D eigenvalue weighted by Gasteiger charge is -2.11. The van der Waals surface area contributed by atoms with E-state index in [4.69, 9.17) is 22.4 Å². The highest BCUT2D eigenvalue weighted by Gasteiger charge is 2.19. The molecule has 0 aliphatic rings. The number of halogens is 1. The summed E-state index contributed by atoms with van der Waals surface area (Å²) >= 11 is 5.73. The van der Waals surface area contributed by atoms with Crippen LogP contribution in [0.3, 0.4) is 0 Å². The van der Waals surface area contributed by atoms with Crippen molar-refractivity contribution in [3.8, 4) is 0 Å². The van der Waals surface area contributed by atoms with Gasteiger partial charge in [-0.05, 0) is 30.2 Å². The Morgan fingerprint density at radius 3 is 2.43 bits per heavy atom. The summed E-state index contributed by atoms with van der Waals surface area (Å²) in [5.41, 5.74) is 5.70. The van der Waals surface area contributed by atoms with Crippen molar-refractivity contribution in [2.45, 2.75) is 18.9 Å². The van der Waals surface area contributed by atoms with Crippen LogP contribution in [0.2, 0.25) is 5.02 Å². The van der Waals surface area contributed by atoms with Crippen molar-refractivity contribution in [1.82, 2.24) is 5.32 Å². The molecule has 0 bridgehead atoms. The Bertz CT molecular complexity index is 555. The van der Waals surface area contributed by atoms with Gasteiger partial charge in [0.1, 0.15) is 6.04 Å². The molecule has 1 aromatic carbocycles. The zero-order chi connectivity index (χ0) is 15.8. The zero-order valence-electron chi connectivity index (χ0n) is 11.1. The predicted molar refractivity (Wildman–Crippen MR) is 78.5 cm³/mol. The van der Waals surface area contributed by atoms with E-state index in [0.29, 0.717) is 5.02 Å². The van der Waals surface area contributed by atoms with Gasteiger partial charge in [-0.2, -0.15) is 0 Å². The number of rotatable bonds is 7. The van der Waals surface area contributed by atoms with Crippen LogP contribution in [-0.2, 0) is 14.4 Å². The zero-order valence-corrected chi connectivity index (χ0v) is 11.8. The number of benzene rings is 1. The molecule has 0 saturated heterocycles. The van der Waals surface area contributed by atoms with Crippen molar-refractivity contribution in [2.75, 3.05) is 0 Å². The summed E-state index contributed by atoms with van der Waals surface area (Å²) in [6, 6.07) is 5.62. The van der Waals surface area contributed by atoms with Crippen LogP contribution in [0.5, 0.6) is 0 Å². The van der Waals surface area contributed by atoms with Gasteiger partial charge in [-0.3, -0.25) is 9.59 Å². The van der Waals surface area contributed by atoms with Crippen LogP contribution in [0, 0.1) is 0 Å². The van der Waals surface area contributed by atoms with Gasteiger partial charge in [0.2, 0.25) is 11.8 Å². The average Bonchev–Trinajstić information content (AvgIpc) is 2.42. The molecule has 1 aromatic rings. The maximum absolute atomic E-state index is 11.6. The first-order chi connectivity index (χ1) is 9.88. The minimum atomic E-state index is -1.22. The minimum Gasteiger partial charge on any atom is -0.480 e. The summed E-state index contributed by atoms with van der Waals surface area (Å²) in [4.78, 5) is 33.2. The molecule has 0 heterocycles. The van der Waals surface area contributed by atoms with Crippen LogP contribution >= 0.6 is 11.6 Å². The van der Waals surface area contributed by atoms with E-state index in [1.807, 2.05) is 0 Å². The monoisotopic (exact) mass is 310 g/mol. The minimum absolute atomic E-state index is 0.0504. The van der Waals surface area contributed by atoms with Gasteiger partial charge in [0.15, 0.2) is 0 Å². The van der Waals surface area contributed by atoms with Gasteiger partial charge in [-0.25, -0.2) is 4.79 Å². The average molecular weight is 311 g/mol. The van der Waals surface area contributed by atoms with E-state index in [1.165, 1.54) is 12.2 Å². The van der Waals surface area contributed by atoms with E-state index in [-0.39, 0.29) is 12.8 Å². The summed E-state index contributed by atoms with van der Waals surface area (Å²) in [7, 11) is 0. The number of nitrogens with two attached hydrogens (primary N) is 1. The smallest absolute Gasteiger partial charge is 0.326 e. The second-order valence-corrected chi connectivity index (χ2v) is 4.73. The van der Waals surface area contributed by atoms with Crippen molar-refractivity contribution in [1.29, 1.82) is 0 Å². The van der Waals surface area contributed by atoms with Gasteiger partial charge in [0.25, 0.3) is 0 Å². The predicted octanol–water partition coefficient (Wildman–Crippen LogP) is 1.19. The molecule has 0 saturated carbocycles. The summed E-state index contributed by atoms with van der Waals surface area (Å²) in [6.45, 7) is 0.